The summed E-state index contributed by atoms with van der Waals surface area (Å²) in [5.41, 5.74) is 9.55. The van der Waals surface area contributed by atoms with Crippen LogP contribution in [0.15, 0.2) is 33.2 Å². The van der Waals surface area contributed by atoms with Crippen LogP contribution in [0.3, 0.4) is 0 Å². The Balaban J connectivity index is 2.18. The second-order valence-electron chi connectivity index (χ2n) is 7.27. The number of nitrogen functional groups attached to an aromatic ring is 1. The molecule has 0 aliphatic carbocycles. The van der Waals surface area contributed by atoms with Crippen LogP contribution < -0.4 is 17.0 Å². The lowest BCUT2D eigenvalue weighted by atomic mass is 10.1. The molecule has 2 N–H and O–H groups in total. The molecule has 0 radical (unpaired) electrons. The van der Waals surface area contributed by atoms with Gasteiger partial charge >= 0.3 is 5.69 Å². The fraction of sp³-hybridized carbons (Fsp3) is 0.350. The van der Waals surface area contributed by atoms with Gasteiger partial charge < -0.3 is 5.73 Å². The summed E-state index contributed by atoms with van der Waals surface area (Å²) in [7, 11) is 1.47. The van der Waals surface area contributed by atoms with E-state index in [1.807, 2.05) is 45.2 Å². The van der Waals surface area contributed by atoms with Crippen LogP contribution >= 0.6 is 11.3 Å². The highest BCUT2D eigenvalue weighted by atomic mass is 32.1. The third-order valence-corrected chi connectivity index (χ3v) is 5.38. The number of hydrogen-bond donors (Lipinski definition) is 1. The van der Waals surface area contributed by atoms with Crippen molar-refractivity contribution in [2.75, 3.05) is 5.73 Å². The van der Waals surface area contributed by atoms with Crippen LogP contribution in [0.4, 0.5) is 5.82 Å². The molecule has 6 nitrogen and oxygen atoms in total. The van der Waals surface area contributed by atoms with E-state index >= 15 is 0 Å². The number of thiazole rings is 1. The molecule has 0 aliphatic rings. The molecule has 3 rings (SSSR count). The zero-order chi connectivity index (χ0) is 19.9. The van der Waals surface area contributed by atoms with Crippen molar-refractivity contribution >= 4 is 17.2 Å². The van der Waals surface area contributed by atoms with E-state index in [0.29, 0.717) is 12.2 Å². The molecule has 0 saturated heterocycles. The summed E-state index contributed by atoms with van der Waals surface area (Å²) in [5, 5.41) is 2.65. The minimum Gasteiger partial charge on any atom is -0.384 e. The first-order valence-electron chi connectivity index (χ1n) is 8.83. The Hall–Kier alpha value is -2.67. The molecule has 142 valence electrons. The second kappa shape index (κ2) is 7.15. The topological polar surface area (TPSA) is 82.9 Å². The fourth-order valence-electron chi connectivity index (χ4n) is 3.13. The number of aryl methyl sites for hydroxylation is 2. The average molecular weight is 385 g/mol. The first kappa shape index (κ1) is 19.1. The summed E-state index contributed by atoms with van der Waals surface area (Å²) in [6, 6.07) is 6.18. The Morgan fingerprint density at radius 3 is 2.56 bits per heavy atom. The number of benzene rings is 1. The van der Waals surface area contributed by atoms with E-state index in [-0.39, 0.29) is 17.3 Å². The van der Waals surface area contributed by atoms with Crippen LogP contribution in [0.2, 0.25) is 0 Å². The Morgan fingerprint density at radius 1 is 1.22 bits per heavy atom. The third-order valence-electron chi connectivity index (χ3n) is 4.50. The van der Waals surface area contributed by atoms with Crippen molar-refractivity contribution in [3.63, 3.8) is 0 Å². The van der Waals surface area contributed by atoms with Crippen molar-refractivity contribution in [2.45, 2.75) is 34.2 Å². The quantitative estimate of drug-likeness (QED) is 0.749. The van der Waals surface area contributed by atoms with E-state index in [2.05, 4.69) is 11.1 Å². The molecule has 0 aliphatic heterocycles. The fourth-order valence-corrected chi connectivity index (χ4v) is 4.03. The lowest BCUT2D eigenvalue weighted by Gasteiger charge is -2.15. The molecule has 2 aromatic heterocycles. The molecular formula is C20H24N4O2S. The van der Waals surface area contributed by atoms with E-state index in [4.69, 9.17) is 5.73 Å². The maximum absolute atomic E-state index is 12.7. The molecular weight excluding hydrogens is 360 g/mol. The average Bonchev–Trinajstić information content (AvgIpc) is 3.06. The van der Waals surface area contributed by atoms with Gasteiger partial charge in [-0.05, 0) is 25.3 Å². The molecule has 0 atom stereocenters. The molecule has 0 amide bonds. The van der Waals surface area contributed by atoms with Gasteiger partial charge in [-0.15, -0.1) is 11.3 Å². The van der Waals surface area contributed by atoms with E-state index in [9.17, 15) is 9.59 Å². The number of rotatable bonds is 4. The zero-order valence-corrected chi connectivity index (χ0v) is 17.1. The predicted molar refractivity (Wildman–Crippen MR) is 111 cm³/mol. The van der Waals surface area contributed by atoms with Gasteiger partial charge in [-0.1, -0.05) is 37.6 Å². The van der Waals surface area contributed by atoms with Crippen LogP contribution in [0, 0.1) is 19.8 Å². The van der Waals surface area contributed by atoms with E-state index < -0.39 is 11.2 Å². The maximum Gasteiger partial charge on any atom is 0.332 e. The standard InChI is InChI=1S/C20H24N4O2S/c1-11(2)9-24-17(21)16(19(25)23(5)20(24)26)15-10-27-18(22-15)14-7-6-12(3)8-13(14)4/h6-8,10-11H,9,21H2,1-5H3. The molecule has 0 bridgehead atoms. The van der Waals surface area contributed by atoms with Crippen molar-refractivity contribution in [1.82, 2.24) is 14.1 Å². The smallest absolute Gasteiger partial charge is 0.332 e. The summed E-state index contributed by atoms with van der Waals surface area (Å²) >= 11 is 1.46. The third kappa shape index (κ3) is 3.47. The van der Waals surface area contributed by atoms with Gasteiger partial charge in [0.2, 0.25) is 0 Å². The van der Waals surface area contributed by atoms with E-state index in [0.717, 1.165) is 20.7 Å². The Morgan fingerprint density at radius 2 is 1.93 bits per heavy atom. The maximum atomic E-state index is 12.7. The molecule has 3 aromatic rings. The molecule has 1 aromatic carbocycles. The molecule has 0 fully saturated rings. The highest BCUT2D eigenvalue weighted by molar-refractivity contribution is 7.13. The van der Waals surface area contributed by atoms with Gasteiger partial charge in [0, 0.05) is 24.5 Å². The van der Waals surface area contributed by atoms with Gasteiger partial charge in [-0.3, -0.25) is 13.9 Å². The highest BCUT2D eigenvalue weighted by Crippen LogP contribution is 2.31. The van der Waals surface area contributed by atoms with Crippen LogP contribution in [0.5, 0.6) is 0 Å². The minimum absolute atomic E-state index is 0.175. The molecule has 0 unspecified atom stereocenters. The summed E-state index contributed by atoms with van der Waals surface area (Å²) in [5.74, 6) is 0.394. The molecule has 0 spiro atoms. The SMILES string of the molecule is Cc1ccc(-c2nc(-c3c(N)n(CC(C)C)c(=O)n(C)c3=O)cs2)c(C)c1. The minimum atomic E-state index is -0.421. The van der Waals surface area contributed by atoms with Gasteiger partial charge in [0.05, 0.1) is 5.69 Å². The predicted octanol–water partition coefficient (Wildman–Crippen LogP) is 3.19. The van der Waals surface area contributed by atoms with E-state index in [1.54, 1.807) is 0 Å². The molecule has 2 heterocycles. The first-order valence-corrected chi connectivity index (χ1v) is 9.71. The Labute approximate surface area is 161 Å². The number of hydrogen-bond acceptors (Lipinski definition) is 5. The normalized spacial score (nSPS) is 11.3. The van der Waals surface area contributed by atoms with Crippen LogP contribution in [-0.4, -0.2) is 14.1 Å². The monoisotopic (exact) mass is 384 g/mol. The lowest BCUT2D eigenvalue weighted by molar-refractivity contribution is 0.494. The number of nitrogens with zero attached hydrogens (tertiary/aromatic N) is 3. The van der Waals surface area contributed by atoms with E-state index in [1.165, 1.54) is 28.5 Å². The van der Waals surface area contributed by atoms with Gasteiger partial charge in [-0.25, -0.2) is 9.78 Å². The number of aromatic nitrogens is 3. The van der Waals surface area contributed by atoms with Crippen molar-refractivity contribution < 1.29 is 0 Å². The molecule has 27 heavy (non-hydrogen) atoms. The van der Waals surface area contributed by atoms with Crippen LogP contribution in [-0.2, 0) is 13.6 Å². The van der Waals surface area contributed by atoms with Crippen molar-refractivity contribution in [1.29, 1.82) is 0 Å². The zero-order valence-electron chi connectivity index (χ0n) is 16.2. The van der Waals surface area contributed by atoms with Crippen LogP contribution in [0.1, 0.15) is 25.0 Å². The van der Waals surface area contributed by atoms with Gasteiger partial charge in [0.25, 0.3) is 5.56 Å². The molecule has 7 heteroatoms. The van der Waals surface area contributed by atoms with Gasteiger partial charge in [0.1, 0.15) is 16.4 Å². The summed E-state index contributed by atoms with van der Waals surface area (Å²) in [6.45, 7) is 8.53. The summed E-state index contributed by atoms with van der Waals surface area (Å²) in [4.78, 5) is 29.9. The van der Waals surface area contributed by atoms with Gasteiger partial charge in [0.15, 0.2) is 0 Å². The van der Waals surface area contributed by atoms with Crippen molar-refractivity contribution in [3.05, 3.63) is 55.5 Å². The van der Waals surface area contributed by atoms with Crippen LogP contribution in [0.25, 0.3) is 21.8 Å². The number of anilines is 1. The van der Waals surface area contributed by atoms with Gasteiger partial charge in [-0.2, -0.15) is 0 Å². The largest absolute Gasteiger partial charge is 0.384 e. The lowest BCUT2D eigenvalue weighted by Crippen LogP contribution is -2.41. The Kier molecular flexibility index (Phi) is 5.06. The summed E-state index contributed by atoms with van der Waals surface area (Å²) in [6.07, 6.45) is 0. The number of nitrogens with two attached hydrogens (primary N) is 1. The highest BCUT2D eigenvalue weighted by Gasteiger charge is 2.20. The second-order valence-corrected chi connectivity index (χ2v) is 8.13. The van der Waals surface area contributed by atoms with Crippen molar-refractivity contribution in [2.24, 2.45) is 13.0 Å². The van der Waals surface area contributed by atoms with Crippen molar-refractivity contribution in [3.8, 4) is 21.8 Å². The Bertz CT molecular complexity index is 1120. The molecule has 0 saturated carbocycles. The first-order chi connectivity index (χ1) is 12.7. The summed E-state index contributed by atoms with van der Waals surface area (Å²) < 4.78 is 2.56.